The Hall–Kier alpha value is -3.66. The first-order chi connectivity index (χ1) is 16.5. The fourth-order valence-electron chi connectivity index (χ4n) is 3.82. The van der Waals surface area contributed by atoms with Gasteiger partial charge >= 0.3 is 0 Å². The fourth-order valence-corrected chi connectivity index (χ4v) is 4.52. The quantitative estimate of drug-likeness (QED) is 0.396. The molecule has 1 aliphatic rings. The van der Waals surface area contributed by atoms with E-state index in [9.17, 15) is 18.0 Å². The number of piperidine rings is 1. The Morgan fingerprint density at radius 3 is 2.50 bits per heavy atom. The molecule has 0 aliphatic carbocycles. The van der Waals surface area contributed by atoms with Crippen molar-refractivity contribution < 1.29 is 22.7 Å². The van der Waals surface area contributed by atoms with Crippen molar-refractivity contribution in [3.05, 3.63) is 83.3 Å². The SMILES string of the molecule is O=C(c1nc(-c2cccs2)n(-c2cccc(F)c2)n1)N1CCC(Oc2ccc(F)cc2F)CC1. The van der Waals surface area contributed by atoms with Crippen molar-refractivity contribution in [3.63, 3.8) is 0 Å². The first kappa shape index (κ1) is 22.1. The Bertz CT molecular complexity index is 1320. The van der Waals surface area contributed by atoms with Gasteiger partial charge in [-0.15, -0.1) is 16.4 Å². The molecule has 4 aromatic rings. The maximum absolute atomic E-state index is 13.9. The number of amides is 1. The number of nitrogens with zero attached hydrogens (tertiary/aromatic N) is 4. The van der Waals surface area contributed by atoms with Gasteiger partial charge in [-0.3, -0.25) is 4.79 Å². The van der Waals surface area contributed by atoms with Crippen LogP contribution in [0.25, 0.3) is 16.4 Å². The minimum Gasteiger partial charge on any atom is -0.487 e. The molecule has 1 fully saturated rings. The topological polar surface area (TPSA) is 60.2 Å². The van der Waals surface area contributed by atoms with Crippen LogP contribution in [0.4, 0.5) is 13.2 Å². The number of carbonyl (C=O) groups is 1. The molecule has 6 nitrogen and oxygen atoms in total. The van der Waals surface area contributed by atoms with Gasteiger partial charge in [-0.1, -0.05) is 12.1 Å². The van der Waals surface area contributed by atoms with Crippen LogP contribution in [0.15, 0.2) is 60.0 Å². The first-order valence-electron chi connectivity index (χ1n) is 10.7. The van der Waals surface area contributed by atoms with Crippen molar-refractivity contribution in [1.82, 2.24) is 19.7 Å². The van der Waals surface area contributed by atoms with E-state index in [1.165, 1.54) is 34.2 Å². The van der Waals surface area contributed by atoms with Crippen LogP contribution in [0.3, 0.4) is 0 Å². The normalized spacial score (nSPS) is 14.4. The zero-order chi connectivity index (χ0) is 23.7. The van der Waals surface area contributed by atoms with Crippen molar-refractivity contribution in [2.45, 2.75) is 18.9 Å². The number of hydrogen-bond donors (Lipinski definition) is 0. The molecule has 0 spiro atoms. The third-order valence-corrected chi connectivity index (χ3v) is 6.38. The Labute approximate surface area is 197 Å². The molecule has 174 valence electrons. The number of likely N-dealkylation sites (tertiary alicyclic amines) is 1. The van der Waals surface area contributed by atoms with E-state index in [1.54, 1.807) is 17.0 Å². The number of halogens is 3. The molecule has 10 heteroatoms. The summed E-state index contributed by atoms with van der Waals surface area (Å²) in [6.45, 7) is 0.740. The second-order valence-corrected chi connectivity index (χ2v) is 8.76. The van der Waals surface area contributed by atoms with Gasteiger partial charge in [0.15, 0.2) is 17.4 Å². The highest BCUT2D eigenvalue weighted by Crippen LogP contribution is 2.27. The minimum absolute atomic E-state index is 0.0107. The van der Waals surface area contributed by atoms with Crippen LogP contribution in [0, 0.1) is 17.5 Å². The van der Waals surface area contributed by atoms with Crippen molar-refractivity contribution in [1.29, 1.82) is 0 Å². The van der Waals surface area contributed by atoms with Gasteiger partial charge in [0.05, 0.1) is 10.6 Å². The molecule has 0 bridgehead atoms. The molecule has 1 amide bonds. The van der Waals surface area contributed by atoms with Crippen LogP contribution >= 0.6 is 11.3 Å². The maximum Gasteiger partial charge on any atom is 0.293 e. The van der Waals surface area contributed by atoms with Crippen LogP contribution < -0.4 is 4.74 Å². The van der Waals surface area contributed by atoms with E-state index in [0.717, 1.165) is 17.0 Å². The number of rotatable bonds is 5. The summed E-state index contributed by atoms with van der Waals surface area (Å²) >= 11 is 1.44. The van der Waals surface area contributed by atoms with Gasteiger partial charge in [0.2, 0.25) is 5.82 Å². The predicted molar refractivity (Wildman–Crippen MR) is 121 cm³/mol. The lowest BCUT2D eigenvalue weighted by Gasteiger charge is -2.31. The van der Waals surface area contributed by atoms with Gasteiger partial charge < -0.3 is 9.64 Å². The zero-order valence-corrected chi connectivity index (χ0v) is 18.6. The molecule has 5 rings (SSSR count). The molecule has 0 saturated carbocycles. The third kappa shape index (κ3) is 4.54. The Balaban J connectivity index is 1.33. The van der Waals surface area contributed by atoms with E-state index in [1.807, 2.05) is 17.5 Å². The second kappa shape index (κ2) is 9.30. The summed E-state index contributed by atoms with van der Waals surface area (Å²) in [5.41, 5.74) is 0.461. The number of hydrogen-bond acceptors (Lipinski definition) is 5. The lowest BCUT2D eigenvalue weighted by Crippen LogP contribution is -2.42. The molecule has 1 aliphatic heterocycles. The maximum atomic E-state index is 13.9. The van der Waals surface area contributed by atoms with E-state index in [0.29, 0.717) is 37.4 Å². The molecule has 0 N–H and O–H groups in total. The predicted octanol–water partition coefficient (Wildman–Crippen LogP) is 5.10. The summed E-state index contributed by atoms with van der Waals surface area (Å²) in [5, 5.41) is 6.28. The molecule has 0 atom stereocenters. The standard InChI is InChI=1S/C24H19F3N4O2S/c25-15-3-1-4-17(13-15)31-23(21-5-2-12-34-21)28-22(29-31)24(32)30-10-8-18(9-11-30)33-20-7-6-16(26)14-19(20)27/h1-7,12-14,18H,8-11H2. The average molecular weight is 485 g/mol. The number of ether oxygens (including phenoxy) is 1. The van der Waals surface area contributed by atoms with Crippen molar-refractivity contribution in [3.8, 4) is 22.1 Å². The molecular weight excluding hydrogens is 465 g/mol. The monoisotopic (exact) mass is 484 g/mol. The number of benzene rings is 2. The summed E-state index contributed by atoms with van der Waals surface area (Å²) in [5.74, 6) is -1.74. The molecule has 3 heterocycles. The summed E-state index contributed by atoms with van der Waals surface area (Å²) in [6, 6.07) is 12.8. The van der Waals surface area contributed by atoms with Crippen molar-refractivity contribution in [2.24, 2.45) is 0 Å². The summed E-state index contributed by atoms with van der Waals surface area (Å²) in [4.78, 5) is 20.0. The molecule has 2 aromatic heterocycles. The van der Waals surface area contributed by atoms with Gasteiger partial charge in [-0.2, -0.15) is 0 Å². The lowest BCUT2D eigenvalue weighted by molar-refractivity contribution is 0.0577. The Kier molecular flexibility index (Phi) is 6.06. The number of thiophene rings is 1. The largest absolute Gasteiger partial charge is 0.487 e. The highest BCUT2D eigenvalue weighted by Gasteiger charge is 2.29. The fraction of sp³-hybridized carbons (Fsp3) is 0.208. The van der Waals surface area contributed by atoms with E-state index < -0.39 is 17.5 Å². The van der Waals surface area contributed by atoms with Gasteiger partial charge in [0.1, 0.15) is 17.7 Å². The van der Waals surface area contributed by atoms with Crippen molar-refractivity contribution in [2.75, 3.05) is 13.1 Å². The Morgan fingerprint density at radius 1 is 1.00 bits per heavy atom. The van der Waals surface area contributed by atoms with E-state index in [2.05, 4.69) is 10.1 Å². The highest BCUT2D eigenvalue weighted by atomic mass is 32.1. The van der Waals surface area contributed by atoms with Gasteiger partial charge in [-0.25, -0.2) is 22.8 Å². The molecule has 34 heavy (non-hydrogen) atoms. The number of aromatic nitrogens is 3. The first-order valence-corrected chi connectivity index (χ1v) is 11.5. The van der Waals surface area contributed by atoms with Gasteiger partial charge in [-0.05, 0) is 41.8 Å². The van der Waals surface area contributed by atoms with Gasteiger partial charge in [0.25, 0.3) is 5.91 Å². The van der Waals surface area contributed by atoms with Crippen LogP contribution in [-0.4, -0.2) is 44.8 Å². The molecule has 1 saturated heterocycles. The molecule has 2 aromatic carbocycles. The lowest BCUT2D eigenvalue weighted by atomic mass is 10.1. The smallest absolute Gasteiger partial charge is 0.293 e. The second-order valence-electron chi connectivity index (χ2n) is 7.81. The third-order valence-electron chi connectivity index (χ3n) is 5.51. The summed E-state index contributed by atoms with van der Waals surface area (Å²) < 4.78 is 48.0. The minimum atomic E-state index is -0.758. The van der Waals surface area contributed by atoms with Gasteiger partial charge in [0, 0.05) is 32.0 Å². The van der Waals surface area contributed by atoms with Crippen LogP contribution in [0.2, 0.25) is 0 Å². The zero-order valence-electron chi connectivity index (χ0n) is 17.8. The molecule has 0 unspecified atom stereocenters. The van der Waals surface area contributed by atoms with Crippen LogP contribution in [0.1, 0.15) is 23.5 Å². The average Bonchev–Trinajstić information content (AvgIpc) is 3.51. The number of carbonyl (C=O) groups excluding carboxylic acids is 1. The highest BCUT2D eigenvalue weighted by molar-refractivity contribution is 7.13. The van der Waals surface area contributed by atoms with Crippen LogP contribution in [0.5, 0.6) is 5.75 Å². The Morgan fingerprint density at radius 2 is 1.79 bits per heavy atom. The molecular formula is C24H19F3N4O2S. The molecule has 0 radical (unpaired) electrons. The van der Waals surface area contributed by atoms with E-state index in [-0.39, 0.29) is 23.6 Å². The van der Waals surface area contributed by atoms with E-state index >= 15 is 0 Å². The van der Waals surface area contributed by atoms with Crippen LogP contribution in [-0.2, 0) is 0 Å². The summed E-state index contributed by atoms with van der Waals surface area (Å²) in [6.07, 6.45) is 0.652. The van der Waals surface area contributed by atoms with Crippen molar-refractivity contribution >= 4 is 17.2 Å². The summed E-state index contributed by atoms with van der Waals surface area (Å²) in [7, 11) is 0. The van der Waals surface area contributed by atoms with E-state index in [4.69, 9.17) is 4.74 Å².